The van der Waals surface area contributed by atoms with Gasteiger partial charge in [0, 0.05) is 0 Å². The van der Waals surface area contributed by atoms with E-state index in [1.807, 2.05) is 0 Å². The molecule has 1 aromatic rings. The van der Waals surface area contributed by atoms with E-state index < -0.39 is 53.3 Å². The number of aromatic amines is 2. The average molecular weight is 276 g/mol. The van der Waals surface area contributed by atoms with Gasteiger partial charge >= 0.3 is 5.69 Å². The van der Waals surface area contributed by atoms with Crippen LogP contribution in [0.5, 0.6) is 0 Å². The van der Waals surface area contributed by atoms with Crippen molar-refractivity contribution in [2.75, 3.05) is 0 Å². The molecule has 5 atom stereocenters. The van der Waals surface area contributed by atoms with E-state index in [-0.39, 0.29) is 0 Å². The van der Waals surface area contributed by atoms with Crippen LogP contribution in [-0.4, -0.2) is 49.7 Å². The first-order valence-electron chi connectivity index (χ1n) is 5.54. The first-order valence-corrected chi connectivity index (χ1v) is 5.54. The molecule has 5 N–H and O–H groups in total. The highest BCUT2D eigenvalue weighted by Crippen LogP contribution is 2.33. The summed E-state index contributed by atoms with van der Waals surface area (Å²) in [4.78, 5) is 25.9. The number of aromatic nitrogens is 2. The highest BCUT2D eigenvalue weighted by molar-refractivity contribution is 5.15. The van der Waals surface area contributed by atoms with Gasteiger partial charge in [-0.3, -0.25) is 14.8 Å². The smallest absolute Gasteiger partial charge is 0.327 e. The summed E-state index contributed by atoms with van der Waals surface area (Å²) in [5.41, 5.74) is -2.73. The number of H-pyrrole nitrogens is 2. The van der Waals surface area contributed by atoms with Crippen LogP contribution >= 0.6 is 0 Å². The van der Waals surface area contributed by atoms with E-state index in [1.165, 1.54) is 6.92 Å². The molecule has 1 aliphatic heterocycles. The zero-order valence-corrected chi connectivity index (χ0v) is 9.83. The molecule has 19 heavy (non-hydrogen) atoms. The summed E-state index contributed by atoms with van der Waals surface area (Å²) in [5, 5.41) is 28.8. The molecule has 1 aliphatic rings. The average Bonchev–Trinajstić information content (AvgIpc) is 2.56. The van der Waals surface area contributed by atoms with Gasteiger partial charge in [-0.2, -0.15) is 4.39 Å². The highest BCUT2D eigenvalue weighted by atomic mass is 19.1. The minimum absolute atomic E-state index is 0.630. The number of halogens is 1. The molecule has 106 valence electrons. The van der Waals surface area contributed by atoms with Crippen molar-refractivity contribution in [3.63, 3.8) is 0 Å². The number of rotatable bonds is 2. The number of hydrogen-bond donors (Lipinski definition) is 5. The Bertz CT molecular complexity index is 582. The van der Waals surface area contributed by atoms with Gasteiger partial charge in [-0.15, -0.1) is 0 Å². The summed E-state index contributed by atoms with van der Waals surface area (Å²) in [5.74, 6) is -1.25. The van der Waals surface area contributed by atoms with Crippen molar-refractivity contribution in [2.24, 2.45) is 0 Å². The fourth-order valence-corrected chi connectivity index (χ4v) is 2.06. The third-order valence-electron chi connectivity index (χ3n) is 2.99. The quantitative estimate of drug-likeness (QED) is 0.387. The third-order valence-corrected chi connectivity index (χ3v) is 2.99. The van der Waals surface area contributed by atoms with Crippen molar-refractivity contribution in [2.45, 2.75) is 37.4 Å². The Hall–Kier alpha value is -1.55. The van der Waals surface area contributed by atoms with Crippen molar-refractivity contribution in [1.29, 1.82) is 0 Å². The lowest BCUT2D eigenvalue weighted by Crippen LogP contribution is -2.37. The van der Waals surface area contributed by atoms with Crippen molar-refractivity contribution >= 4 is 0 Å². The van der Waals surface area contributed by atoms with Crippen molar-refractivity contribution in [1.82, 2.24) is 9.97 Å². The minimum atomic E-state index is -1.60. The van der Waals surface area contributed by atoms with Crippen LogP contribution in [0.4, 0.5) is 4.39 Å². The van der Waals surface area contributed by atoms with E-state index in [0.29, 0.717) is 0 Å². The van der Waals surface area contributed by atoms with Crippen LogP contribution < -0.4 is 11.2 Å². The molecule has 2 rings (SSSR count). The van der Waals surface area contributed by atoms with Gasteiger partial charge < -0.3 is 20.1 Å². The maximum absolute atomic E-state index is 13.6. The Labute approximate surface area is 105 Å². The molecular formula is C10H13FN2O6. The number of nitrogens with one attached hydrogen (secondary N) is 2. The van der Waals surface area contributed by atoms with Crippen LogP contribution in [0.1, 0.15) is 18.6 Å². The molecule has 0 amide bonds. The second-order valence-electron chi connectivity index (χ2n) is 4.38. The molecular weight excluding hydrogens is 263 g/mol. The summed E-state index contributed by atoms with van der Waals surface area (Å²) in [7, 11) is 0. The van der Waals surface area contributed by atoms with Gasteiger partial charge in [0.05, 0.1) is 6.10 Å². The largest absolute Gasteiger partial charge is 0.391 e. The first kappa shape index (κ1) is 13.9. The molecule has 0 saturated carbocycles. The van der Waals surface area contributed by atoms with Crippen LogP contribution in [0.2, 0.25) is 0 Å². The Morgan fingerprint density at radius 1 is 1.26 bits per heavy atom. The van der Waals surface area contributed by atoms with Gasteiger partial charge in [0.2, 0.25) is 5.95 Å². The van der Waals surface area contributed by atoms with E-state index in [0.717, 1.165) is 0 Å². The zero-order chi connectivity index (χ0) is 14.3. The Morgan fingerprint density at radius 3 is 2.37 bits per heavy atom. The Morgan fingerprint density at radius 2 is 1.89 bits per heavy atom. The summed E-state index contributed by atoms with van der Waals surface area (Å²) in [6.07, 6.45) is -6.84. The predicted molar refractivity (Wildman–Crippen MR) is 58.9 cm³/mol. The lowest BCUT2D eigenvalue weighted by Gasteiger charge is -2.16. The predicted octanol–water partition coefficient (Wildman–Crippen LogP) is -2.26. The molecule has 1 saturated heterocycles. The number of hydrogen-bond acceptors (Lipinski definition) is 6. The number of ether oxygens (including phenoxy) is 1. The van der Waals surface area contributed by atoms with Gasteiger partial charge in [-0.25, -0.2) is 4.79 Å². The van der Waals surface area contributed by atoms with Crippen LogP contribution in [0.15, 0.2) is 9.59 Å². The minimum Gasteiger partial charge on any atom is -0.391 e. The van der Waals surface area contributed by atoms with Gasteiger partial charge in [0.15, 0.2) is 0 Å². The zero-order valence-electron chi connectivity index (χ0n) is 9.83. The maximum atomic E-state index is 13.6. The normalized spacial score (nSPS) is 32.5. The van der Waals surface area contributed by atoms with Crippen molar-refractivity contribution < 1.29 is 24.4 Å². The van der Waals surface area contributed by atoms with E-state index >= 15 is 0 Å². The van der Waals surface area contributed by atoms with Gasteiger partial charge in [-0.1, -0.05) is 0 Å². The standard InChI is InChI=1S/C10H13FN2O6/c1-2(14)6-4(15)5(16)7(19-6)3-8(11)12-10(18)13-9(3)17/h2,4-7,14-16H,1H3,(H2,12,13,17,18)/t2?,4-,5-,6+,7?/m0/s1. The monoisotopic (exact) mass is 276 g/mol. The Balaban J connectivity index is 2.44. The van der Waals surface area contributed by atoms with Crippen LogP contribution in [0.25, 0.3) is 0 Å². The topological polar surface area (TPSA) is 136 Å². The summed E-state index contributed by atoms with van der Waals surface area (Å²) in [6, 6.07) is 0. The molecule has 2 heterocycles. The van der Waals surface area contributed by atoms with E-state index in [4.69, 9.17) is 4.74 Å². The highest BCUT2D eigenvalue weighted by Gasteiger charge is 2.47. The fourth-order valence-electron chi connectivity index (χ4n) is 2.06. The van der Waals surface area contributed by atoms with Gasteiger partial charge in [-0.05, 0) is 6.92 Å². The lowest BCUT2D eigenvalue weighted by atomic mass is 10.0. The van der Waals surface area contributed by atoms with Gasteiger partial charge in [0.25, 0.3) is 5.56 Å². The molecule has 0 spiro atoms. The number of aliphatic hydroxyl groups excluding tert-OH is 3. The van der Waals surface area contributed by atoms with Crippen LogP contribution in [0.3, 0.4) is 0 Å². The number of aliphatic hydroxyl groups is 3. The lowest BCUT2D eigenvalue weighted by molar-refractivity contribution is -0.0599. The second-order valence-corrected chi connectivity index (χ2v) is 4.38. The molecule has 9 heteroatoms. The summed E-state index contributed by atoms with van der Waals surface area (Å²) >= 11 is 0. The molecule has 1 aromatic heterocycles. The van der Waals surface area contributed by atoms with Gasteiger partial charge in [0.1, 0.15) is 30.0 Å². The third kappa shape index (κ3) is 2.32. The molecule has 8 nitrogen and oxygen atoms in total. The SMILES string of the molecule is CC(O)[C@H]1OC(c2c(F)[nH]c(=O)[nH]c2=O)[C@@H](O)[C@@H]1O. The molecule has 0 aliphatic carbocycles. The summed E-state index contributed by atoms with van der Waals surface area (Å²) < 4.78 is 18.7. The van der Waals surface area contributed by atoms with Crippen molar-refractivity contribution in [3.05, 3.63) is 32.3 Å². The molecule has 1 fully saturated rings. The molecule has 0 radical (unpaired) electrons. The maximum Gasteiger partial charge on any atom is 0.327 e. The molecule has 0 aromatic carbocycles. The Kier molecular flexibility index (Phi) is 3.54. The first-order chi connectivity index (χ1) is 8.82. The second kappa shape index (κ2) is 4.85. The summed E-state index contributed by atoms with van der Waals surface area (Å²) in [6.45, 7) is 1.32. The van der Waals surface area contributed by atoms with Crippen LogP contribution in [-0.2, 0) is 4.74 Å². The fraction of sp³-hybridized carbons (Fsp3) is 0.600. The van der Waals surface area contributed by atoms with Crippen LogP contribution in [0, 0.1) is 5.95 Å². The molecule has 2 unspecified atom stereocenters. The molecule has 0 bridgehead atoms. The van der Waals surface area contributed by atoms with E-state index in [9.17, 15) is 29.3 Å². The van der Waals surface area contributed by atoms with E-state index in [2.05, 4.69) is 0 Å². The van der Waals surface area contributed by atoms with E-state index in [1.54, 1.807) is 9.97 Å². The van der Waals surface area contributed by atoms with Crippen molar-refractivity contribution in [3.8, 4) is 0 Å².